The fraction of sp³-hybridized carbons (Fsp3) is 0.286. The highest BCUT2D eigenvalue weighted by Gasteiger charge is 2.32. The molecule has 2 aliphatic rings. The van der Waals surface area contributed by atoms with Crippen LogP contribution in [0.25, 0.3) is 17.0 Å². The maximum absolute atomic E-state index is 13.5. The quantitative estimate of drug-likeness (QED) is 0.404. The molecule has 12 heteroatoms. The second-order valence-corrected chi connectivity index (χ2v) is 9.68. The summed E-state index contributed by atoms with van der Waals surface area (Å²) in [5, 5.41) is 5.74. The van der Waals surface area contributed by atoms with Crippen LogP contribution in [-0.2, 0) is 11.0 Å². The van der Waals surface area contributed by atoms with E-state index in [1.165, 1.54) is 12.1 Å². The van der Waals surface area contributed by atoms with Crippen molar-refractivity contribution < 1.29 is 27.5 Å². The molecule has 40 heavy (non-hydrogen) atoms. The molecular formula is C28H27F3N6O3. The highest BCUT2D eigenvalue weighted by Crippen LogP contribution is 2.38. The van der Waals surface area contributed by atoms with Gasteiger partial charge in [-0.1, -0.05) is 6.08 Å². The first-order valence-electron chi connectivity index (χ1n) is 12.7. The zero-order valence-corrected chi connectivity index (χ0v) is 21.6. The third-order valence-corrected chi connectivity index (χ3v) is 6.75. The van der Waals surface area contributed by atoms with Gasteiger partial charge in [-0.25, -0.2) is 9.97 Å². The number of nitrogens with two attached hydrogens (primary N) is 1. The molecule has 1 fully saturated rings. The Labute approximate surface area is 228 Å². The number of carbonyl (C=O) groups is 2. The van der Waals surface area contributed by atoms with Crippen molar-refractivity contribution in [2.75, 3.05) is 32.0 Å². The predicted molar refractivity (Wildman–Crippen MR) is 143 cm³/mol. The number of nitrogens with zero attached hydrogens (tertiary/aromatic N) is 3. The van der Waals surface area contributed by atoms with E-state index < -0.39 is 23.7 Å². The van der Waals surface area contributed by atoms with E-state index in [1.54, 1.807) is 24.3 Å². The van der Waals surface area contributed by atoms with Crippen molar-refractivity contribution in [1.29, 1.82) is 0 Å². The Morgan fingerprint density at radius 2 is 1.93 bits per heavy atom. The molecule has 2 aromatic carbocycles. The molecule has 0 aliphatic carbocycles. The summed E-state index contributed by atoms with van der Waals surface area (Å²) in [6.45, 7) is 1.89. The standard InChI is InChI=1S/C28H27F3N6O3/c1-37-12-9-16(10-13-37)20-14-18(28(29,30)31)4-7-23(20)40-19-5-2-17(3-6-19)26-35-22(25(32)38)15-24(36-26)34-21-8-11-33-27(21)39/h2-7,9,14-15,21H,8,10-13H2,1H3,(H2,32,38)(H,33,39)(H,34,35,36)/t21-/m0/s1. The largest absolute Gasteiger partial charge is 0.457 e. The Hall–Kier alpha value is -4.45. The van der Waals surface area contributed by atoms with Crippen LogP contribution in [0.4, 0.5) is 19.0 Å². The number of anilines is 1. The summed E-state index contributed by atoms with van der Waals surface area (Å²) in [6, 6.07) is 11.0. The fourth-order valence-electron chi connectivity index (χ4n) is 4.55. The summed E-state index contributed by atoms with van der Waals surface area (Å²) >= 11 is 0. The molecule has 1 aromatic heterocycles. The van der Waals surface area contributed by atoms with Gasteiger partial charge in [0.15, 0.2) is 5.82 Å². The van der Waals surface area contributed by atoms with Gasteiger partial charge in [0.1, 0.15) is 29.1 Å². The highest BCUT2D eigenvalue weighted by molar-refractivity contribution is 5.92. The molecule has 0 bridgehead atoms. The van der Waals surface area contributed by atoms with Crippen LogP contribution in [0.3, 0.4) is 0 Å². The summed E-state index contributed by atoms with van der Waals surface area (Å²) < 4.78 is 46.4. The lowest BCUT2D eigenvalue weighted by Crippen LogP contribution is -2.30. The molecule has 4 N–H and O–H groups in total. The molecule has 208 valence electrons. The average Bonchev–Trinajstić information content (AvgIpc) is 3.33. The minimum absolute atomic E-state index is 0.0213. The van der Waals surface area contributed by atoms with Crippen molar-refractivity contribution in [3.63, 3.8) is 0 Å². The van der Waals surface area contributed by atoms with Gasteiger partial charge in [0.2, 0.25) is 5.91 Å². The first kappa shape index (κ1) is 27.1. The Bertz CT molecular complexity index is 1470. The molecule has 5 rings (SSSR count). The Morgan fingerprint density at radius 1 is 1.15 bits per heavy atom. The lowest BCUT2D eigenvalue weighted by Gasteiger charge is -2.24. The van der Waals surface area contributed by atoms with Crippen LogP contribution in [0.2, 0.25) is 0 Å². The highest BCUT2D eigenvalue weighted by atomic mass is 19.4. The fourth-order valence-corrected chi connectivity index (χ4v) is 4.55. The van der Waals surface area contributed by atoms with Crippen molar-refractivity contribution in [1.82, 2.24) is 20.2 Å². The van der Waals surface area contributed by atoms with E-state index in [0.717, 1.165) is 24.3 Å². The zero-order valence-electron chi connectivity index (χ0n) is 21.6. The number of nitrogens with one attached hydrogen (secondary N) is 2. The lowest BCUT2D eigenvalue weighted by molar-refractivity contribution is -0.137. The van der Waals surface area contributed by atoms with Crippen LogP contribution in [0, 0.1) is 0 Å². The van der Waals surface area contributed by atoms with Gasteiger partial charge in [-0.15, -0.1) is 0 Å². The van der Waals surface area contributed by atoms with Gasteiger partial charge in [0.05, 0.1) is 5.56 Å². The second kappa shape index (κ2) is 11.0. The van der Waals surface area contributed by atoms with E-state index in [-0.39, 0.29) is 23.2 Å². The number of rotatable bonds is 7. The van der Waals surface area contributed by atoms with E-state index in [4.69, 9.17) is 10.5 Å². The van der Waals surface area contributed by atoms with Gasteiger partial charge in [0.25, 0.3) is 5.91 Å². The summed E-state index contributed by atoms with van der Waals surface area (Å²) in [4.78, 5) is 34.6. The number of amides is 2. The van der Waals surface area contributed by atoms with Crippen LogP contribution in [0.1, 0.15) is 34.5 Å². The van der Waals surface area contributed by atoms with Gasteiger partial charge < -0.3 is 26.0 Å². The smallest absolute Gasteiger partial charge is 0.416 e. The Kier molecular flexibility index (Phi) is 7.44. The maximum atomic E-state index is 13.5. The SMILES string of the molecule is CN1CC=C(c2cc(C(F)(F)F)ccc2Oc2ccc(-c3nc(N[C@H]4CCNC4=O)cc(C(N)=O)n3)cc2)CC1. The van der Waals surface area contributed by atoms with Gasteiger partial charge in [-0.05, 0) is 67.9 Å². The molecule has 9 nitrogen and oxygen atoms in total. The van der Waals surface area contributed by atoms with Gasteiger partial charge >= 0.3 is 6.18 Å². The van der Waals surface area contributed by atoms with Crippen molar-refractivity contribution in [2.24, 2.45) is 5.73 Å². The van der Waals surface area contributed by atoms with E-state index in [0.29, 0.717) is 48.6 Å². The van der Waals surface area contributed by atoms with Crippen LogP contribution in [0.15, 0.2) is 54.6 Å². The number of alkyl halides is 3. The monoisotopic (exact) mass is 552 g/mol. The van der Waals surface area contributed by atoms with Crippen LogP contribution in [-0.4, -0.2) is 59.4 Å². The number of carbonyl (C=O) groups excluding carboxylic acids is 2. The molecule has 0 saturated carbocycles. The van der Waals surface area contributed by atoms with E-state index in [1.807, 2.05) is 13.1 Å². The van der Waals surface area contributed by atoms with E-state index >= 15 is 0 Å². The number of ether oxygens (including phenoxy) is 1. The number of benzene rings is 2. The lowest BCUT2D eigenvalue weighted by atomic mass is 9.96. The van der Waals surface area contributed by atoms with Crippen LogP contribution in [0.5, 0.6) is 11.5 Å². The Balaban J connectivity index is 1.42. The number of likely N-dealkylation sites (N-methyl/N-ethyl adjacent to an activating group) is 1. The molecule has 3 aromatic rings. The number of aromatic nitrogens is 2. The maximum Gasteiger partial charge on any atom is 0.416 e. The first-order chi connectivity index (χ1) is 19.1. The van der Waals surface area contributed by atoms with Crippen molar-refractivity contribution in [3.05, 3.63) is 71.4 Å². The number of primary amides is 1. The van der Waals surface area contributed by atoms with Gasteiger partial charge in [-0.3, -0.25) is 9.59 Å². The summed E-state index contributed by atoms with van der Waals surface area (Å²) in [5.41, 5.74) is 6.44. The van der Waals surface area contributed by atoms with Crippen molar-refractivity contribution in [3.8, 4) is 22.9 Å². The summed E-state index contributed by atoms with van der Waals surface area (Å²) in [7, 11) is 1.95. The van der Waals surface area contributed by atoms with Crippen LogP contribution < -0.4 is 21.1 Å². The average molecular weight is 553 g/mol. The minimum atomic E-state index is -4.48. The summed E-state index contributed by atoms with van der Waals surface area (Å²) in [6.07, 6.45) is -1.40. The molecule has 0 spiro atoms. The predicted octanol–water partition coefficient (Wildman–Crippen LogP) is 4.07. The first-order valence-corrected chi connectivity index (χ1v) is 12.7. The Morgan fingerprint density at radius 3 is 2.55 bits per heavy atom. The molecule has 0 radical (unpaired) electrons. The third kappa shape index (κ3) is 6.07. The normalized spacial score (nSPS) is 17.8. The molecule has 2 aliphatic heterocycles. The molecule has 3 heterocycles. The molecular weight excluding hydrogens is 525 g/mol. The summed E-state index contributed by atoms with van der Waals surface area (Å²) in [5.74, 6) is 0.272. The molecule has 1 saturated heterocycles. The van der Waals surface area contributed by atoms with Crippen molar-refractivity contribution in [2.45, 2.75) is 25.1 Å². The second-order valence-electron chi connectivity index (χ2n) is 9.68. The number of hydrogen-bond donors (Lipinski definition) is 3. The van der Waals surface area contributed by atoms with Gasteiger partial charge in [0, 0.05) is 36.8 Å². The van der Waals surface area contributed by atoms with Gasteiger partial charge in [-0.2, -0.15) is 13.2 Å². The van der Waals surface area contributed by atoms with Crippen molar-refractivity contribution >= 4 is 23.2 Å². The minimum Gasteiger partial charge on any atom is -0.457 e. The van der Waals surface area contributed by atoms with Crippen LogP contribution >= 0.6 is 0 Å². The molecule has 1 atom stereocenters. The third-order valence-electron chi connectivity index (χ3n) is 6.75. The zero-order chi connectivity index (χ0) is 28.4. The van der Waals surface area contributed by atoms with E-state index in [9.17, 15) is 22.8 Å². The molecule has 0 unspecified atom stereocenters. The topological polar surface area (TPSA) is 122 Å². The number of halogens is 3. The number of hydrogen-bond acceptors (Lipinski definition) is 7. The molecule has 2 amide bonds. The van der Waals surface area contributed by atoms with E-state index in [2.05, 4.69) is 25.5 Å².